The zero-order valence-electron chi connectivity index (χ0n) is 6.97. The van der Waals surface area contributed by atoms with Crippen molar-refractivity contribution < 1.29 is 4.79 Å². The van der Waals surface area contributed by atoms with E-state index < -0.39 is 0 Å². The van der Waals surface area contributed by atoms with E-state index in [-0.39, 0.29) is 11.9 Å². The third-order valence-corrected chi connectivity index (χ3v) is 2.36. The molecule has 1 fully saturated rings. The highest BCUT2D eigenvalue weighted by Gasteiger charge is 2.24. The third-order valence-electron chi connectivity index (χ3n) is 2.36. The number of piperidine rings is 1. The number of hydrogen-bond acceptors (Lipinski definition) is 1. The number of carbonyl (C=O) groups is 1. The summed E-state index contributed by atoms with van der Waals surface area (Å²) < 4.78 is 0. The SMILES string of the molecule is C=C[C@@H]1NC(=O)CC[C@H]1CC. The lowest BCUT2D eigenvalue weighted by molar-refractivity contribution is -0.123. The predicted octanol–water partition coefficient (Wildman–Crippen LogP) is 1.48. The highest BCUT2D eigenvalue weighted by atomic mass is 16.1. The lowest BCUT2D eigenvalue weighted by Crippen LogP contribution is -2.43. The molecule has 1 amide bonds. The van der Waals surface area contributed by atoms with Gasteiger partial charge in [0.1, 0.15) is 0 Å². The van der Waals surface area contributed by atoms with E-state index in [1.54, 1.807) is 0 Å². The van der Waals surface area contributed by atoms with Crippen LogP contribution >= 0.6 is 0 Å². The number of amides is 1. The minimum atomic E-state index is 0.166. The van der Waals surface area contributed by atoms with Gasteiger partial charge in [0.05, 0.1) is 0 Å². The van der Waals surface area contributed by atoms with Gasteiger partial charge in [0, 0.05) is 12.5 Å². The van der Waals surface area contributed by atoms with Crippen molar-refractivity contribution in [3.8, 4) is 0 Å². The van der Waals surface area contributed by atoms with E-state index in [1.165, 1.54) is 0 Å². The van der Waals surface area contributed by atoms with E-state index in [1.807, 2.05) is 6.08 Å². The van der Waals surface area contributed by atoms with Crippen molar-refractivity contribution in [3.63, 3.8) is 0 Å². The highest BCUT2D eigenvalue weighted by Crippen LogP contribution is 2.20. The van der Waals surface area contributed by atoms with E-state index in [4.69, 9.17) is 0 Å². The van der Waals surface area contributed by atoms with Crippen LogP contribution in [-0.4, -0.2) is 11.9 Å². The second kappa shape index (κ2) is 3.56. The van der Waals surface area contributed by atoms with Crippen molar-refractivity contribution in [1.82, 2.24) is 5.32 Å². The van der Waals surface area contributed by atoms with E-state index in [0.29, 0.717) is 12.3 Å². The van der Waals surface area contributed by atoms with Crippen molar-refractivity contribution in [2.75, 3.05) is 0 Å². The summed E-state index contributed by atoms with van der Waals surface area (Å²) >= 11 is 0. The maximum absolute atomic E-state index is 10.9. The van der Waals surface area contributed by atoms with Crippen LogP contribution in [0.1, 0.15) is 26.2 Å². The first-order valence-corrected chi connectivity index (χ1v) is 4.19. The molecule has 0 aliphatic carbocycles. The summed E-state index contributed by atoms with van der Waals surface area (Å²) in [6.07, 6.45) is 4.66. The molecule has 1 heterocycles. The Bertz CT molecular complexity index is 165. The minimum Gasteiger partial charge on any atom is -0.350 e. The van der Waals surface area contributed by atoms with Crippen LogP contribution < -0.4 is 5.32 Å². The van der Waals surface area contributed by atoms with E-state index in [2.05, 4.69) is 18.8 Å². The summed E-state index contributed by atoms with van der Waals surface area (Å²) in [7, 11) is 0. The van der Waals surface area contributed by atoms with Crippen LogP contribution in [0.5, 0.6) is 0 Å². The first-order chi connectivity index (χ1) is 5.27. The Hall–Kier alpha value is -0.790. The molecule has 0 aromatic heterocycles. The lowest BCUT2D eigenvalue weighted by Gasteiger charge is -2.28. The first-order valence-electron chi connectivity index (χ1n) is 4.19. The van der Waals surface area contributed by atoms with Gasteiger partial charge in [-0.15, -0.1) is 6.58 Å². The summed E-state index contributed by atoms with van der Waals surface area (Å²) in [6, 6.07) is 0.209. The van der Waals surface area contributed by atoms with Crippen LogP contribution in [0, 0.1) is 5.92 Å². The molecule has 0 aromatic rings. The monoisotopic (exact) mass is 153 g/mol. The molecule has 11 heavy (non-hydrogen) atoms. The Kier molecular flexibility index (Phi) is 2.69. The standard InChI is InChI=1S/C9H15NO/c1-3-7-5-6-9(11)10-8(7)4-2/h4,7-8H,2-3,5-6H2,1H3,(H,10,11)/t7-,8+/m1/s1. The molecule has 0 radical (unpaired) electrons. The summed E-state index contributed by atoms with van der Waals surface area (Å²) in [5.41, 5.74) is 0. The maximum Gasteiger partial charge on any atom is 0.220 e. The van der Waals surface area contributed by atoms with Crippen molar-refractivity contribution in [3.05, 3.63) is 12.7 Å². The Morgan fingerprint density at radius 1 is 1.82 bits per heavy atom. The molecule has 0 aromatic carbocycles. The van der Waals surface area contributed by atoms with Crippen LogP contribution in [-0.2, 0) is 4.79 Å². The largest absolute Gasteiger partial charge is 0.350 e. The summed E-state index contributed by atoms with van der Waals surface area (Å²) in [5, 5.41) is 2.91. The van der Waals surface area contributed by atoms with Gasteiger partial charge in [-0.3, -0.25) is 4.79 Å². The van der Waals surface area contributed by atoms with Gasteiger partial charge < -0.3 is 5.32 Å². The van der Waals surface area contributed by atoms with Crippen LogP contribution in [0.4, 0.5) is 0 Å². The number of hydrogen-bond donors (Lipinski definition) is 1. The molecule has 2 atom stereocenters. The fraction of sp³-hybridized carbons (Fsp3) is 0.667. The zero-order chi connectivity index (χ0) is 8.27. The second-order valence-electron chi connectivity index (χ2n) is 3.04. The van der Waals surface area contributed by atoms with Gasteiger partial charge in [-0.25, -0.2) is 0 Å². The summed E-state index contributed by atoms with van der Waals surface area (Å²) in [5.74, 6) is 0.768. The Morgan fingerprint density at radius 2 is 2.55 bits per heavy atom. The third kappa shape index (κ3) is 1.82. The van der Waals surface area contributed by atoms with Crippen LogP contribution in [0.25, 0.3) is 0 Å². The van der Waals surface area contributed by atoms with Gasteiger partial charge >= 0.3 is 0 Å². The molecule has 0 unspecified atom stereocenters. The average Bonchev–Trinajstić information content (AvgIpc) is 2.04. The van der Waals surface area contributed by atoms with Crippen LogP contribution in [0.15, 0.2) is 12.7 Å². The van der Waals surface area contributed by atoms with Gasteiger partial charge in [-0.2, -0.15) is 0 Å². The zero-order valence-corrected chi connectivity index (χ0v) is 6.97. The molecule has 1 rings (SSSR count). The lowest BCUT2D eigenvalue weighted by atomic mass is 9.88. The summed E-state index contributed by atoms with van der Waals surface area (Å²) in [4.78, 5) is 10.9. The molecular weight excluding hydrogens is 138 g/mol. The predicted molar refractivity (Wildman–Crippen MR) is 45.1 cm³/mol. The molecule has 1 aliphatic rings. The van der Waals surface area contributed by atoms with Crippen LogP contribution in [0.3, 0.4) is 0 Å². The highest BCUT2D eigenvalue weighted by molar-refractivity contribution is 5.77. The normalized spacial score (nSPS) is 31.2. The van der Waals surface area contributed by atoms with Crippen molar-refractivity contribution in [2.24, 2.45) is 5.92 Å². The van der Waals surface area contributed by atoms with Gasteiger partial charge in [0.25, 0.3) is 0 Å². The molecule has 0 saturated carbocycles. The van der Waals surface area contributed by atoms with E-state index in [9.17, 15) is 4.79 Å². The summed E-state index contributed by atoms with van der Waals surface area (Å²) in [6.45, 7) is 5.85. The molecule has 1 saturated heterocycles. The molecular formula is C9H15NO. The van der Waals surface area contributed by atoms with Crippen molar-refractivity contribution in [2.45, 2.75) is 32.2 Å². The molecule has 2 nitrogen and oxygen atoms in total. The van der Waals surface area contributed by atoms with Gasteiger partial charge in [0.2, 0.25) is 5.91 Å². The van der Waals surface area contributed by atoms with Gasteiger partial charge in [-0.1, -0.05) is 19.4 Å². The van der Waals surface area contributed by atoms with Crippen LogP contribution in [0.2, 0.25) is 0 Å². The van der Waals surface area contributed by atoms with E-state index in [0.717, 1.165) is 12.8 Å². The average molecular weight is 153 g/mol. The van der Waals surface area contributed by atoms with Crippen molar-refractivity contribution in [1.29, 1.82) is 0 Å². The van der Waals surface area contributed by atoms with Gasteiger partial charge in [-0.05, 0) is 12.3 Å². The molecule has 0 bridgehead atoms. The van der Waals surface area contributed by atoms with Crippen molar-refractivity contribution >= 4 is 5.91 Å². The molecule has 0 spiro atoms. The first kappa shape index (κ1) is 8.31. The molecule has 62 valence electrons. The number of rotatable bonds is 2. The quantitative estimate of drug-likeness (QED) is 0.598. The Labute approximate surface area is 67.7 Å². The van der Waals surface area contributed by atoms with Gasteiger partial charge in [0.15, 0.2) is 0 Å². The Morgan fingerprint density at radius 3 is 3.09 bits per heavy atom. The molecule has 1 aliphatic heterocycles. The second-order valence-corrected chi connectivity index (χ2v) is 3.04. The minimum absolute atomic E-state index is 0.166. The smallest absolute Gasteiger partial charge is 0.220 e. The number of nitrogens with one attached hydrogen (secondary N) is 1. The fourth-order valence-electron chi connectivity index (χ4n) is 1.58. The molecule has 1 N–H and O–H groups in total. The number of carbonyl (C=O) groups excluding carboxylic acids is 1. The van der Waals surface area contributed by atoms with E-state index >= 15 is 0 Å². The topological polar surface area (TPSA) is 29.1 Å². The fourth-order valence-corrected chi connectivity index (χ4v) is 1.58. The maximum atomic E-state index is 10.9. The molecule has 2 heteroatoms. The Balaban J connectivity index is 2.54.